The molecule has 0 N–H and O–H groups in total. The summed E-state index contributed by atoms with van der Waals surface area (Å²) in [5, 5.41) is 5.66. The molecule has 0 spiro atoms. The maximum atomic E-state index is 12.8. The van der Waals surface area contributed by atoms with Gasteiger partial charge in [-0.05, 0) is 75.1 Å². The molecule has 0 bridgehead atoms. The molecular weight excluding hydrogens is 433 g/mol. The highest BCUT2D eigenvalue weighted by Crippen LogP contribution is 2.36. The summed E-state index contributed by atoms with van der Waals surface area (Å²) >= 11 is 3.41. The third kappa shape index (κ3) is 4.29. The highest BCUT2D eigenvalue weighted by molar-refractivity contribution is 9.10. The van der Waals surface area contributed by atoms with E-state index in [1.54, 1.807) is 13.8 Å². The normalized spacial score (nSPS) is 16.4. The van der Waals surface area contributed by atoms with E-state index in [1.807, 2.05) is 24.3 Å². The average molecular weight is 453 g/mol. The summed E-state index contributed by atoms with van der Waals surface area (Å²) in [5.41, 5.74) is 0.762. The number of benzene rings is 2. The van der Waals surface area contributed by atoms with Crippen LogP contribution in [0.2, 0.25) is 0 Å². The molecule has 0 aromatic heterocycles. The summed E-state index contributed by atoms with van der Waals surface area (Å²) in [7, 11) is 0. The Labute approximate surface area is 170 Å². The summed E-state index contributed by atoms with van der Waals surface area (Å²) < 4.78 is 39.3. The minimum atomic E-state index is -4.41. The number of alkyl halides is 3. The zero-order valence-corrected chi connectivity index (χ0v) is 17.1. The van der Waals surface area contributed by atoms with Gasteiger partial charge in [-0.2, -0.15) is 18.3 Å². The van der Waals surface area contributed by atoms with Gasteiger partial charge in [-0.3, -0.25) is 4.79 Å². The summed E-state index contributed by atoms with van der Waals surface area (Å²) in [4.78, 5) is 12.8. The van der Waals surface area contributed by atoms with Gasteiger partial charge in [0.25, 0.3) is 5.91 Å². The van der Waals surface area contributed by atoms with Gasteiger partial charge < -0.3 is 0 Å². The van der Waals surface area contributed by atoms with Gasteiger partial charge in [0, 0.05) is 4.47 Å². The smallest absolute Gasteiger partial charge is 0.271 e. The Balaban J connectivity index is 1.72. The monoisotopic (exact) mass is 452 g/mol. The van der Waals surface area contributed by atoms with E-state index in [4.69, 9.17) is 0 Å². The maximum absolute atomic E-state index is 12.8. The van der Waals surface area contributed by atoms with Gasteiger partial charge >= 0.3 is 6.18 Å². The molecule has 148 valence electrons. The second-order valence-corrected chi connectivity index (χ2v) is 8.23. The molecule has 1 amide bonds. The largest absolute Gasteiger partial charge is 0.416 e. The number of anilines is 1. The molecule has 0 saturated carbocycles. The molecule has 0 atom stereocenters. The van der Waals surface area contributed by atoms with E-state index in [1.165, 1.54) is 22.7 Å². The van der Waals surface area contributed by atoms with E-state index in [-0.39, 0.29) is 5.91 Å². The number of hydrazone groups is 1. The predicted molar refractivity (Wildman–Crippen MR) is 107 cm³/mol. The van der Waals surface area contributed by atoms with Crippen LogP contribution in [-0.2, 0) is 17.4 Å². The fourth-order valence-corrected chi connectivity index (χ4v) is 3.38. The molecule has 0 saturated heterocycles. The van der Waals surface area contributed by atoms with Crippen molar-refractivity contribution in [3.05, 3.63) is 64.1 Å². The van der Waals surface area contributed by atoms with Crippen molar-refractivity contribution in [2.75, 3.05) is 5.01 Å². The van der Waals surface area contributed by atoms with Gasteiger partial charge in [0.05, 0.1) is 22.4 Å². The Kier molecular flexibility index (Phi) is 5.66. The molecule has 3 rings (SSSR count). The van der Waals surface area contributed by atoms with Crippen LogP contribution in [0.5, 0.6) is 0 Å². The third-order valence-electron chi connectivity index (χ3n) is 4.90. The lowest BCUT2D eigenvalue weighted by atomic mass is 9.84. The molecule has 0 radical (unpaired) electrons. The molecule has 1 aliphatic heterocycles. The van der Waals surface area contributed by atoms with Crippen LogP contribution in [-0.4, -0.2) is 11.6 Å². The molecule has 2 aromatic carbocycles. The number of rotatable bonds is 5. The van der Waals surface area contributed by atoms with Crippen molar-refractivity contribution in [2.24, 2.45) is 10.5 Å². The molecule has 7 heteroatoms. The number of nitrogens with zero attached hydrogens (tertiary/aromatic N) is 2. The lowest BCUT2D eigenvalue weighted by molar-refractivity contribution is -0.137. The summed E-state index contributed by atoms with van der Waals surface area (Å²) in [5.74, 6) is -0.231. The van der Waals surface area contributed by atoms with Crippen LogP contribution in [0.3, 0.4) is 0 Å². The fraction of sp³-hybridized carbons (Fsp3) is 0.333. The second-order valence-electron chi connectivity index (χ2n) is 7.31. The Morgan fingerprint density at radius 3 is 2.18 bits per heavy atom. The Morgan fingerprint density at radius 1 is 1.00 bits per heavy atom. The molecule has 0 fully saturated rings. The van der Waals surface area contributed by atoms with E-state index in [0.29, 0.717) is 12.1 Å². The number of carbonyl (C=O) groups is 1. The molecule has 2 aromatic rings. The van der Waals surface area contributed by atoms with E-state index in [2.05, 4.69) is 21.0 Å². The quantitative estimate of drug-likeness (QED) is 0.529. The van der Waals surface area contributed by atoms with Gasteiger partial charge in [0.15, 0.2) is 0 Å². The number of hydrogen-bond donors (Lipinski definition) is 0. The van der Waals surface area contributed by atoms with Crippen LogP contribution in [0.4, 0.5) is 18.9 Å². The Morgan fingerprint density at radius 2 is 1.61 bits per heavy atom. The first kappa shape index (κ1) is 20.6. The molecule has 0 unspecified atom stereocenters. The van der Waals surface area contributed by atoms with E-state index in [9.17, 15) is 18.0 Å². The number of aryl methyl sites for hydroxylation is 1. The first-order valence-electron chi connectivity index (χ1n) is 8.93. The first-order valence-corrected chi connectivity index (χ1v) is 9.72. The van der Waals surface area contributed by atoms with Crippen LogP contribution < -0.4 is 5.01 Å². The Hall–Kier alpha value is -2.15. The maximum Gasteiger partial charge on any atom is 0.416 e. The van der Waals surface area contributed by atoms with Crippen molar-refractivity contribution in [1.29, 1.82) is 0 Å². The van der Waals surface area contributed by atoms with Crippen molar-refractivity contribution in [3.8, 4) is 0 Å². The SMILES string of the molecule is CC1(C)C(=O)N(c2ccc(C(F)(F)F)cc2)N=C1CCCc1ccc(Br)cc1. The van der Waals surface area contributed by atoms with E-state index < -0.39 is 17.2 Å². The van der Waals surface area contributed by atoms with Gasteiger partial charge in [0.1, 0.15) is 0 Å². The van der Waals surface area contributed by atoms with Crippen molar-refractivity contribution in [2.45, 2.75) is 39.3 Å². The first-order chi connectivity index (χ1) is 13.1. The van der Waals surface area contributed by atoms with Crippen molar-refractivity contribution >= 4 is 33.2 Å². The molecule has 0 aliphatic carbocycles. The van der Waals surface area contributed by atoms with E-state index >= 15 is 0 Å². The Bertz CT molecular complexity index is 887. The molecular formula is C21H20BrF3N2O. The molecule has 3 nitrogen and oxygen atoms in total. The number of hydrogen-bond acceptors (Lipinski definition) is 2. The lowest BCUT2D eigenvalue weighted by Gasteiger charge is -2.20. The van der Waals surface area contributed by atoms with Crippen LogP contribution in [0.1, 0.15) is 37.8 Å². The lowest BCUT2D eigenvalue weighted by Crippen LogP contribution is -2.34. The van der Waals surface area contributed by atoms with Crippen LogP contribution in [0.25, 0.3) is 0 Å². The van der Waals surface area contributed by atoms with Gasteiger partial charge in [-0.25, -0.2) is 5.01 Å². The van der Waals surface area contributed by atoms with Crippen LogP contribution in [0, 0.1) is 5.41 Å². The van der Waals surface area contributed by atoms with Gasteiger partial charge in [0.2, 0.25) is 0 Å². The summed E-state index contributed by atoms with van der Waals surface area (Å²) in [6, 6.07) is 12.6. The number of halogens is 4. The second kappa shape index (κ2) is 7.70. The number of carbonyl (C=O) groups excluding carboxylic acids is 1. The van der Waals surface area contributed by atoms with Crippen LogP contribution >= 0.6 is 15.9 Å². The fourth-order valence-electron chi connectivity index (χ4n) is 3.12. The van der Waals surface area contributed by atoms with Crippen molar-refractivity contribution < 1.29 is 18.0 Å². The highest BCUT2D eigenvalue weighted by Gasteiger charge is 2.43. The minimum absolute atomic E-state index is 0.231. The zero-order chi connectivity index (χ0) is 20.5. The number of amides is 1. The molecule has 1 heterocycles. The van der Waals surface area contributed by atoms with Gasteiger partial charge in [-0.1, -0.05) is 28.1 Å². The molecule has 28 heavy (non-hydrogen) atoms. The summed E-state index contributed by atoms with van der Waals surface area (Å²) in [6.45, 7) is 3.61. The predicted octanol–water partition coefficient (Wildman–Crippen LogP) is 6.22. The van der Waals surface area contributed by atoms with Gasteiger partial charge in [-0.15, -0.1) is 0 Å². The third-order valence-corrected chi connectivity index (χ3v) is 5.43. The molecule has 1 aliphatic rings. The average Bonchev–Trinajstić information content (AvgIpc) is 2.86. The van der Waals surface area contributed by atoms with E-state index in [0.717, 1.165) is 35.2 Å². The summed E-state index contributed by atoms with van der Waals surface area (Å²) in [6.07, 6.45) is -2.07. The standard InChI is InChI=1S/C21H20BrF3N2O/c1-20(2)18(5-3-4-14-6-10-16(22)11-7-14)26-27(19(20)28)17-12-8-15(9-13-17)21(23,24)25/h6-13H,3-5H2,1-2H3. The van der Waals surface area contributed by atoms with Crippen LogP contribution in [0.15, 0.2) is 58.1 Å². The topological polar surface area (TPSA) is 32.7 Å². The highest BCUT2D eigenvalue weighted by atomic mass is 79.9. The van der Waals surface area contributed by atoms with Crippen molar-refractivity contribution in [1.82, 2.24) is 0 Å². The van der Waals surface area contributed by atoms with Crippen molar-refractivity contribution in [3.63, 3.8) is 0 Å². The minimum Gasteiger partial charge on any atom is -0.271 e. The zero-order valence-electron chi connectivity index (χ0n) is 15.6.